The van der Waals surface area contributed by atoms with Crippen molar-refractivity contribution in [1.82, 2.24) is 5.32 Å². The summed E-state index contributed by atoms with van der Waals surface area (Å²) in [6.45, 7) is 0. The van der Waals surface area contributed by atoms with Crippen molar-refractivity contribution < 1.29 is 14.1 Å². The molecule has 1 aromatic heterocycles. The van der Waals surface area contributed by atoms with Gasteiger partial charge in [0.25, 0.3) is 5.69 Å². The van der Waals surface area contributed by atoms with Gasteiger partial charge in [-0.05, 0) is 29.3 Å². The summed E-state index contributed by atoms with van der Waals surface area (Å²) in [4.78, 5) is 22.7. The summed E-state index contributed by atoms with van der Waals surface area (Å²) in [5.41, 5.74) is 1.44. The fourth-order valence-corrected chi connectivity index (χ4v) is 2.52. The molecule has 0 saturated heterocycles. The van der Waals surface area contributed by atoms with Crippen LogP contribution in [0.15, 0.2) is 83.5 Å². The van der Waals surface area contributed by atoms with Gasteiger partial charge in [-0.2, -0.15) is 0 Å². The van der Waals surface area contributed by atoms with Gasteiger partial charge >= 0.3 is 0 Å². The summed E-state index contributed by atoms with van der Waals surface area (Å²) in [6.07, 6.45) is 4.43. The molecule has 0 fully saturated rings. The first-order valence-corrected chi connectivity index (χ1v) is 7.95. The minimum atomic E-state index is -0.472. The molecule has 2 aromatic carbocycles. The standard InChI is InChI=1S/C20H16N2O4/c23-19(12-11-15-6-4-9-17(14-15)22(24)25)21-20(18-10-5-13-26-18)16-7-2-1-3-8-16/h1-14,20H,(H,21,23)/b12-11+. The Labute approximate surface area is 149 Å². The van der Waals surface area contributed by atoms with E-state index in [9.17, 15) is 14.9 Å². The number of hydrogen-bond donors (Lipinski definition) is 1. The average molecular weight is 348 g/mol. The van der Waals surface area contributed by atoms with Gasteiger partial charge in [0.05, 0.1) is 11.2 Å². The monoisotopic (exact) mass is 348 g/mol. The number of carbonyl (C=O) groups is 1. The van der Waals surface area contributed by atoms with E-state index in [4.69, 9.17) is 4.42 Å². The summed E-state index contributed by atoms with van der Waals surface area (Å²) in [5.74, 6) is 0.287. The molecule has 26 heavy (non-hydrogen) atoms. The van der Waals surface area contributed by atoms with Crippen molar-refractivity contribution in [3.05, 3.63) is 106 Å². The largest absolute Gasteiger partial charge is 0.467 e. The molecule has 3 rings (SSSR count). The van der Waals surface area contributed by atoms with Gasteiger partial charge in [0.15, 0.2) is 0 Å². The number of furan rings is 1. The molecule has 0 radical (unpaired) electrons. The maximum atomic E-state index is 12.3. The predicted octanol–water partition coefficient (Wildman–Crippen LogP) is 4.11. The van der Waals surface area contributed by atoms with Crippen LogP contribution in [0.3, 0.4) is 0 Å². The molecule has 1 amide bonds. The third-order valence-corrected chi connectivity index (χ3v) is 3.76. The molecule has 1 heterocycles. The van der Waals surface area contributed by atoms with Crippen molar-refractivity contribution in [3.8, 4) is 0 Å². The normalized spacial score (nSPS) is 12.0. The Bertz CT molecular complexity index is 918. The third-order valence-electron chi connectivity index (χ3n) is 3.76. The summed E-state index contributed by atoms with van der Waals surface area (Å²) in [5, 5.41) is 13.7. The van der Waals surface area contributed by atoms with Crippen LogP contribution in [0.25, 0.3) is 6.08 Å². The highest BCUT2D eigenvalue weighted by atomic mass is 16.6. The maximum absolute atomic E-state index is 12.3. The number of benzene rings is 2. The number of non-ortho nitro benzene ring substituents is 1. The van der Waals surface area contributed by atoms with Crippen LogP contribution in [0.1, 0.15) is 22.9 Å². The molecular weight excluding hydrogens is 332 g/mol. The topological polar surface area (TPSA) is 85.4 Å². The van der Waals surface area contributed by atoms with Gasteiger partial charge in [0, 0.05) is 18.2 Å². The van der Waals surface area contributed by atoms with Crippen LogP contribution in [0.5, 0.6) is 0 Å². The van der Waals surface area contributed by atoms with E-state index in [2.05, 4.69) is 5.32 Å². The second kappa shape index (κ2) is 7.94. The second-order valence-corrected chi connectivity index (χ2v) is 5.55. The SMILES string of the molecule is O=C(/C=C/c1cccc([N+](=O)[O-])c1)NC(c1ccccc1)c1ccco1. The smallest absolute Gasteiger partial charge is 0.270 e. The van der Waals surface area contributed by atoms with E-state index in [1.807, 2.05) is 30.3 Å². The number of nitro groups is 1. The van der Waals surface area contributed by atoms with Crippen LogP contribution in [0.4, 0.5) is 5.69 Å². The van der Waals surface area contributed by atoms with E-state index in [1.54, 1.807) is 30.5 Å². The van der Waals surface area contributed by atoms with Gasteiger partial charge in [-0.25, -0.2) is 0 Å². The maximum Gasteiger partial charge on any atom is 0.270 e. The molecule has 1 N–H and O–H groups in total. The first kappa shape index (κ1) is 17.2. The number of nitrogens with zero attached hydrogens (tertiary/aromatic N) is 1. The molecule has 130 valence electrons. The van der Waals surface area contributed by atoms with Crippen molar-refractivity contribution in [1.29, 1.82) is 0 Å². The summed E-state index contributed by atoms with van der Waals surface area (Å²) in [7, 11) is 0. The zero-order chi connectivity index (χ0) is 18.4. The minimum absolute atomic E-state index is 0.0229. The summed E-state index contributed by atoms with van der Waals surface area (Å²) < 4.78 is 5.44. The zero-order valence-electron chi connectivity index (χ0n) is 13.7. The van der Waals surface area contributed by atoms with E-state index >= 15 is 0 Å². The number of hydrogen-bond acceptors (Lipinski definition) is 4. The van der Waals surface area contributed by atoms with Crippen molar-refractivity contribution >= 4 is 17.7 Å². The van der Waals surface area contributed by atoms with E-state index < -0.39 is 11.0 Å². The highest BCUT2D eigenvalue weighted by Crippen LogP contribution is 2.22. The Hall–Kier alpha value is -3.67. The molecular formula is C20H16N2O4. The Kier molecular flexibility index (Phi) is 5.24. The lowest BCUT2D eigenvalue weighted by molar-refractivity contribution is -0.384. The van der Waals surface area contributed by atoms with Crippen LogP contribution in [-0.2, 0) is 4.79 Å². The minimum Gasteiger partial charge on any atom is -0.467 e. The molecule has 0 bridgehead atoms. The van der Waals surface area contributed by atoms with Gasteiger partial charge in [-0.1, -0.05) is 42.5 Å². The van der Waals surface area contributed by atoms with E-state index in [-0.39, 0.29) is 11.6 Å². The van der Waals surface area contributed by atoms with E-state index in [0.29, 0.717) is 11.3 Å². The molecule has 0 aliphatic heterocycles. The zero-order valence-corrected chi connectivity index (χ0v) is 13.7. The molecule has 0 saturated carbocycles. The summed E-state index contributed by atoms with van der Waals surface area (Å²) in [6, 6.07) is 18.7. The van der Waals surface area contributed by atoms with Crippen LogP contribution < -0.4 is 5.32 Å². The number of rotatable bonds is 6. The first-order chi connectivity index (χ1) is 12.6. The Morgan fingerprint density at radius 2 is 1.88 bits per heavy atom. The summed E-state index contributed by atoms with van der Waals surface area (Å²) >= 11 is 0. The average Bonchev–Trinajstić information content (AvgIpc) is 3.20. The molecule has 3 aromatic rings. The Morgan fingerprint density at radius 3 is 2.58 bits per heavy atom. The number of carbonyl (C=O) groups excluding carboxylic acids is 1. The molecule has 6 heteroatoms. The lowest BCUT2D eigenvalue weighted by atomic mass is 10.0. The second-order valence-electron chi connectivity index (χ2n) is 5.55. The number of nitrogens with one attached hydrogen (secondary N) is 1. The molecule has 6 nitrogen and oxygen atoms in total. The number of amides is 1. The molecule has 0 aliphatic carbocycles. The number of nitro benzene ring substituents is 1. The molecule has 0 aliphatic rings. The fourth-order valence-electron chi connectivity index (χ4n) is 2.52. The predicted molar refractivity (Wildman–Crippen MR) is 97.3 cm³/mol. The van der Waals surface area contributed by atoms with Crippen molar-refractivity contribution in [2.75, 3.05) is 0 Å². The Morgan fingerprint density at radius 1 is 1.08 bits per heavy atom. The van der Waals surface area contributed by atoms with Crippen molar-refractivity contribution in [2.24, 2.45) is 0 Å². The van der Waals surface area contributed by atoms with Gasteiger partial charge in [-0.15, -0.1) is 0 Å². The quantitative estimate of drug-likeness (QED) is 0.413. The van der Waals surface area contributed by atoms with E-state index in [1.165, 1.54) is 24.3 Å². The van der Waals surface area contributed by atoms with Crippen LogP contribution in [0.2, 0.25) is 0 Å². The molecule has 1 unspecified atom stereocenters. The van der Waals surface area contributed by atoms with E-state index in [0.717, 1.165) is 5.56 Å². The molecule has 0 spiro atoms. The van der Waals surface area contributed by atoms with Crippen LogP contribution in [-0.4, -0.2) is 10.8 Å². The molecule has 1 atom stereocenters. The van der Waals surface area contributed by atoms with Gasteiger partial charge in [0.1, 0.15) is 11.8 Å². The highest BCUT2D eigenvalue weighted by Gasteiger charge is 2.18. The fraction of sp³-hybridized carbons (Fsp3) is 0.0500. The van der Waals surface area contributed by atoms with Crippen molar-refractivity contribution in [2.45, 2.75) is 6.04 Å². The van der Waals surface area contributed by atoms with Gasteiger partial charge in [0.2, 0.25) is 5.91 Å². The lowest BCUT2D eigenvalue weighted by Crippen LogP contribution is -2.27. The van der Waals surface area contributed by atoms with Gasteiger partial charge < -0.3 is 9.73 Å². The van der Waals surface area contributed by atoms with Gasteiger partial charge in [-0.3, -0.25) is 14.9 Å². The lowest BCUT2D eigenvalue weighted by Gasteiger charge is -2.16. The Balaban J connectivity index is 1.76. The van der Waals surface area contributed by atoms with Crippen molar-refractivity contribution in [3.63, 3.8) is 0 Å². The van der Waals surface area contributed by atoms with Crippen LogP contribution in [0, 0.1) is 10.1 Å². The first-order valence-electron chi connectivity index (χ1n) is 7.95. The third kappa shape index (κ3) is 4.24. The van der Waals surface area contributed by atoms with Crippen LogP contribution >= 0.6 is 0 Å². The highest BCUT2D eigenvalue weighted by molar-refractivity contribution is 5.92.